The van der Waals surface area contributed by atoms with E-state index in [1.165, 1.54) is 17.3 Å². The molecule has 1 amide bonds. The van der Waals surface area contributed by atoms with Gasteiger partial charge in [0.05, 0.1) is 10.6 Å². The number of benzene rings is 2. The van der Waals surface area contributed by atoms with Crippen molar-refractivity contribution in [1.29, 1.82) is 0 Å². The molecule has 27 heavy (non-hydrogen) atoms. The zero-order valence-electron chi connectivity index (χ0n) is 14.6. The molecule has 1 aliphatic heterocycles. The molecule has 0 saturated carbocycles. The number of aryl methyl sites for hydroxylation is 1. The van der Waals surface area contributed by atoms with Crippen molar-refractivity contribution in [2.24, 2.45) is 4.99 Å². The Hall–Kier alpha value is -3.06. The van der Waals surface area contributed by atoms with E-state index in [9.17, 15) is 9.59 Å². The highest BCUT2D eigenvalue weighted by Crippen LogP contribution is 2.30. The molecule has 3 rings (SSSR count). The third kappa shape index (κ3) is 4.98. The summed E-state index contributed by atoms with van der Waals surface area (Å²) in [6.07, 6.45) is 2.62. The SMILES string of the molecule is CCc1ccc(N=C2NC(=O)/C(=C/c3ccccc3OCC(=O)O)S2)cc1. The fraction of sp³-hybridized carbons (Fsp3) is 0.150. The number of carboxylic acid groups (broad SMARTS) is 1. The Labute approximate surface area is 161 Å². The highest BCUT2D eigenvalue weighted by atomic mass is 32.2. The first-order chi connectivity index (χ1) is 13.0. The maximum absolute atomic E-state index is 12.2. The van der Waals surface area contributed by atoms with Crippen molar-refractivity contribution in [3.05, 3.63) is 64.6 Å². The van der Waals surface area contributed by atoms with Gasteiger partial charge in [0.1, 0.15) is 5.75 Å². The van der Waals surface area contributed by atoms with Crippen molar-refractivity contribution >= 4 is 40.6 Å². The molecule has 2 N–H and O–H groups in total. The Morgan fingerprint density at radius 2 is 1.96 bits per heavy atom. The minimum Gasteiger partial charge on any atom is -0.481 e. The van der Waals surface area contributed by atoms with Gasteiger partial charge < -0.3 is 15.2 Å². The van der Waals surface area contributed by atoms with Crippen LogP contribution >= 0.6 is 11.8 Å². The minimum atomic E-state index is -1.06. The third-order valence-electron chi connectivity index (χ3n) is 3.78. The van der Waals surface area contributed by atoms with Gasteiger partial charge in [0.2, 0.25) is 0 Å². The molecule has 6 nitrogen and oxygen atoms in total. The van der Waals surface area contributed by atoms with Gasteiger partial charge in [-0.2, -0.15) is 0 Å². The summed E-state index contributed by atoms with van der Waals surface area (Å²) in [5.74, 6) is -0.910. The van der Waals surface area contributed by atoms with Gasteiger partial charge in [-0.25, -0.2) is 9.79 Å². The number of amides is 1. The Kier molecular flexibility index (Phi) is 5.93. The van der Waals surface area contributed by atoms with E-state index in [1.807, 2.05) is 24.3 Å². The van der Waals surface area contributed by atoms with Crippen LogP contribution in [-0.4, -0.2) is 28.8 Å². The zero-order valence-corrected chi connectivity index (χ0v) is 15.5. The van der Waals surface area contributed by atoms with Crippen LogP contribution < -0.4 is 10.1 Å². The lowest BCUT2D eigenvalue weighted by Crippen LogP contribution is -2.19. The van der Waals surface area contributed by atoms with Crippen LogP contribution in [0.15, 0.2) is 58.4 Å². The van der Waals surface area contributed by atoms with Crippen LogP contribution in [0, 0.1) is 0 Å². The fourth-order valence-electron chi connectivity index (χ4n) is 2.42. The maximum Gasteiger partial charge on any atom is 0.341 e. The first-order valence-electron chi connectivity index (χ1n) is 8.37. The third-order valence-corrected chi connectivity index (χ3v) is 4.69. The number of aliphatic carboxylic acids is 1. The number of para-hydroxylation sites is 1. The number of nitrogens with zero attached hydrogens (tertiary/aromatic N) is 1. The lowest BCUT2D eigenvalue weighted by Gasteiger charge is -2.06. The van der Waals surface area contributed by atoms with Crippen LogP contribution in [0.3, 0.4) is 0 Å². The summed E-state index contributed by atoms with van der Waals surface area (Å²) >= 11 is 1.23. The van der Waals surface area contributed by atoms with Crippen LogP contribution in [0.1, 0.15) is 18.1 Å². The summed E-state index contributed by atoms with van der Waals surface area (Å²) in [5, 5.41) is 12.0. The van der Waals surface area contributed by atoms with Gasteiger partial charge >= 0.3 is 5.97 Å². The smallest absolute Gasteiger partial charge is 0.341 e. The number of nitrogens with one attached hydrogen (secondary N) is 1. The molecule has 0 aliphatic carbocycles. The van der Waals surface area contributed by atoms with Gasteiger partial charge in [-0.3, -0.25) is 4.79 Å². The zero-order chi connectivity index (χ0) is 19.2. The van der Waals surface area contributed by atoms with E-state index in [0.29, 0.717) is 21.4 Å². The second kappa shape index (κ2) is 8.55. The van der Waals surface area contributed by atoms with E-state index < -0.39 is 12.6 Å². The number of ether oxygens (including phenoxy) is 1. The molecule has 2 aromatic carbocycles. The summed E-state index contributed by atoms with van der Waals surface area (Å²) in [5.41, 5.74) is 2.62. The van der Waals surface area contributed by atoms with Crippen molar-refractivity contribution in [2.75, 3.05) is 6.61 Å². The maximum atomic E-state index is 12.2. The molecule has 0 spiro atoms. The molecule has 138 valence electrons. The first-order valence-corrected chi connectivity index (χ1v) is 9.19. The van der Waals surface area contributed by atoms with E-state index in [4.69, 9.17) is 9.84 Å². The minimum absolute atomic E-state index is 0.253. The molecule has 1 fully saturated rings. The second-order valence-corrected chi connectivity index (χ2v) is 6.75. The van der Waals surface area contributed by atoms with Gasteiger partial charge in [0.15, 0.2) is 11.8 Å². The van der Waals surface area contributed by atoms with E-state index in [2.05, 4.69) is 17.2 Å². The molecule has 0 atom stereocenters. The van der Waals surface area contributed by atoms with Crippen molar-refractivity contribution in [3.63, 3.8) is 0 Å². The quantitative estimate of drug-likeness (QED) is 0.745. The highest BCUT2D eigenvalue weighted by molar-refractivity contribution is 8.18. The number of carboxylic acids is 1. The van der Waals surface area contributed by atoms with Crippen LogP contribution in [0.2, 0.25) is 0 Å². The number of rotatable bonds is 6. The summed E-state index contributed by atoms with van der Waals surface area (Å²) in [6, 6.07) is 14.8. The topological polar surface area (TPSA) is 88.0 Å². The molecule has 0 aromatic heterocycles. The molecule has 1 heterocycles. The largest absolute Gasteiger partial charge is 0.481 e. The van der Waals surface area contributed by atoms with Gasteiger partial charge in [-0.05, 0) is 48.0 Å². The molecule has 1 aliphatic rings. The van der Waals surface area contributed by atoms with Gasteiger partial charge in [0.25, 0.3) is 5.91 Å². The van der Waals surface area contributed by atoms with Gasteiger partial charge in [-0.1, -0.05) is 37.3 Å². The van der Waals surface area contributed by atoms with Crippen LogP contribution in [0.5, 0.6) is 5.75 Å². The average molecular weight is 382 g/mol. The van der Waals surface area contributed by atoms with Crippen LogP contribution in [0.25, 0.3) is 6.08 Å². The lowest BCUT2D eigenvalue weighted by atomic mass is 10.2. The van der Waals surface area contributed by atoms with Crippen LogP contribution in [-0.2, 0) is 16.0 Å². The Balaban J connectivity index is 1.79. The van der Waals surface area contributed by atoms with Crippen molar-refractivity contribution in [3.8, 4) is 5.75 Å². The molecule has 7 heteroatoms. The number of amidine groups is 1. The van der Waals surface area contributed by atoms with E-state index >= 15 is 0 Å². The number of aliphatic imine (C=N–C) groups is 1. The Morgan fingerprint density at radius 1 is 1.22 bits per heavy atom. The summed E-state index contributed by atoms with van der Waals surface area (Å²) in [7, 11) is 0. The number of hydrogen-bond acceptors (Lipinski definition) is 5. The Morgan fingerprint density at radius 3 is 2.67 bits per heavy atom. The summed E-state index contributed by atoms with van der Waals surface area (Å²) < 4.78 is 5.27. The summed E-state index contributed by atoms with van der Waals surface area (Å²) in [6.45, 7) is 1.64. The summed E-state index contributed by atoms with van der Waals surface area (Å²) in [4.78, 5) is 27.9. The average Bonchev–Trinajstić information content (AvgIpc) is 3.00. The standard InChI is InChI=1S/C20H18N2O4S/c1-2-13-7-9-15(10-8-13)21-20-22-19(25)17(27-20)11-14-5-3-4-6-16(14)26-12-18(23)24/h3-11H,2,12H2,1H3,(H,23,24)(H,21,22,25)/b17-11-. The number of carbonyl (C=O) groups excluding carboxylic acids is 1. The fourth-order valence-corrected chi connectivity index (χ4v) is 3.25. The van der Waals surface area contributed by atoms with E-state index in [-0.39, 0.29) is 5.91 Å². The predicted octanol–water partition coefficient (Wildman–Crippen LogP) is 3.60. The van der Waals surface area contributed by atoms with Gasteiger partial charge in [-0.15, -0.1) is 0 Å². The molecule has 0 unspecified atom stereocenters. The lowest BCUT2D eigenvalue weighted by molar-refractivity contribution is -0.139. The second-order valence-electron chi connectivity index (χ2n) is 5.72. The normalized spacial score (nSPS) is 16.6. The van der Waals surface area contributed by atoms with E-state index in [0.717, 1.165) is 12.1 Å². The number of hydrogen-bond donors (Lipinski definition) is 2. The van der Waals surface area contributed by atoms with Crippen molar-refractivity contribution in [2.45, 2.75) is 13.3 Å². The molecule has 1 saturated heterocycles. The number of carbonyl (C=O) groups is 2. The van der Waals surface area contributed by atoms with Crippen LogP contribution in [0.4, 0.5) is 5.69 Å². The molecule has 0 radical (unpaired) electrons. The number of thioether (sulfide) groups is 1. The van der Waals surface area contributed by atoms with Gasteiger partial charge in [0, 0.05) is 5.56 Å². The predicted molar refractivity (Wildman–Crippen MR) is 106 cm³/mol. The molecular formula is C20H18N2O4S. The first kappa shape index (κ1) is 18.7. The molecule has 0 bridgehead atoms. The Bertz CT molecular complexity index is 920. The highest BCUT2D eigenvalue weighted by Gasteiger charge is 2.24. The van der Waals surface area contributed by atoms with Crippen molar-refractivity contribution in [1.82, 2.24) is 5.32 Å². The monoisotopic (exact) mass is 382 g/mol. The molecular weight excluding hydrogens is 364 g/mol. The van der Waals surface area contributed by atoms with Crippen molar-refractivity contribution < 1.29 is 19.4 Å². The van der Waals surface area contributed by atoms with E-state index in [1.54, 1.807) is 30.3 Å². The molecule has 2 aromatic rings.